The molecule has 0 aliphatic heterocycles. The van der Waals surface area contributed by atoms with Crippen LogP contribution < -0.4 is 4.90 Å². The van der Waals surface area contributed by atoms with E-state index in [1.165, 1.54) is 6.20 Å². The second kappa shape index (κ2) is 6.57. The van der Waals surface area contributed by atoms with Crippen molar-refractivity contribution < 1.29 is 9.90 Å². The average molecular weight is 286 g/mol. The predicted octanol–water partition coefficient (Wildman–Crippen LogP) is 3.81. The van der Waals surface area contributed by atoms with Crippen LogP contribution in [-0.4, -0.2) is 29.1 Å². The molecular weight excluding hydrogens is 264 g/mol. The first-order valence-electron chi connectivity index (χ1n) is 7.44. The van der Waals surface area contributed by atoms with Crippen molar-refractivity contribution in [3.05, 3.63) is 36.0 Å². The van der Waals surface area contributed by atoms with Gasteiger partial charge in [0.1, 0.15) is 5.56 Å². The lowest BCUT2D eigenvalue weighted by Gasteiger charge is -2.28. The fraction of sp³-hybridized carbons (Fsp3) is 0.412. The molecule has 0 bridgehead atoms. The Morgan fingerprint density at radius 1 is 1.33 bits per heavy atom. The number of para-hydroxylation sites is 1. The van der Waals surface area contributed by atoms with Crippen molar-refractivity contribution in [1.29, 1.82) is 0 Å². The van der Waals surface area contributed by atoms with Crippen molar-refractivity contribution in [1.82, 2.24) is 4.98 Å². The number of pyridine rings is 1. The topological polar surface area (TPSA) is 53.4 Å². The minimum Gasteiger partial charge on any atom is -0.478 e. The van der Waals surface area contributed by atoms with Crippen LogP contribution >= 0.6 is 0 Å². The third-order valence-corrected chi connectivity index (χ3v) is 3.90. The maximum atomic E-state index is 11.6. The highest BCUT2D eigenvalue weighted by Crippen LogP contribution is 2.30. The molecule has 0 saturated heterocycles. The molecule has 0 spiro atoms. The Bertz CT molecular complexity index is 640. The maximum absolute atomic E-state index is 11.6. The van der Waals surface area contributed by atoms with Gasteiger partial charge in [0.05, 0.1) is 11.2 Å². The number of anilines is 1. The first kappa shape index (κ1) is 15.3. The number of aromatic nitrogens is 1. The van der Waals surface area contributed by atoms with Gasteiger partial charge < -0.3 is 10.0 Å². The number of carbonyl (C=O) groups is 1. The van der Waals surface area contributed by atoms with Gasteiger partial charge in [-0.2, -0.15) is 0 Å². The van der Waals surface area contributed by atoms with Crippen LogP contribution in [0.5, 0.6) is 0 Å². The molecule has 1 atom stereocenters. The monoisotopic (exact) mass is 286 g/mol. The Balaban J connectivity index is 2.61. The van der Waals surface area contributed by atoms with Gasteiger partial charge in [0.15, 0.2) is 0 Å². The van der Waals surface area contributed by atoms with E-state index in [4.69, 9.17) is 0 Å². The highest BCUT2D eigenvalue weighted by atomic mass is 16.4. The van der Waals surface area contributed by atoms with Crippen molar-refractivity contribution in [2.24, 2.45) is 5.92 Å². The second-order valence-electron chi connectivity index (χ2n) is 5.39. The Hall–Kier alpha value is -2.10. The second-order valence-corrected chi connectivity index (χ2v) is 5.39. The van der Waals surface area contributed by atoms with Gasteiger partial charge >= 0.3 is 5.97 Å². The zero-order chi connectivity index (χ0) is 15.4. The third kappa shape index (κ3) is 3.15. The van der Waals surface area contributed by atoms with Crippen molar-refractivity contribution in [2.75, 3.05) is 18.0 Å². The molecular formula is C17H22N2O2. The highest BCUT2D eigenvalue weighted by molar-refractivity contribution is 6.04. The van der Waals surface area contributed by atoms with Gasteiger partial charge in [0, 0.05) is 24.7 Å². The minimum atomic E-state index is -0.925. The number of aromatic carboxylic acids is 1. The molecule has 1 aromatic heterocycles. The maximum Gasteiger partial charge on any atom is 0.339 e. The van der Waals surface area contributed by atoms with Crippen molar-refractivity contribution in [3.63, 3.8) is 0 Å². The Labute approximate surface area is 125 Å². The Morgan fingerprint density at radius 2 is 2.05 bits per heavy atom. The fourth-order valence-corrected chi connectivity index (χ4v) is 2.51. The van der Waals surface area contributed by atoms with Crippen molar-refractivity contribution in [3.8, 4) is 0 Å². The van der Waals surface area contributed by atoms with Crippen LogP contribution in [0.3, 0.4) is 0 Å². The summed E-state index contributed by atoms with van der Waals surface area (Å²) in [4.78, 5) is 18.0. The molecule has 112 valence electrons. The number of rotatable bonds is 6. The van der Waals surface area contributed by atoms with E-state index in [1.807, 2.05) is 24.3 Å². The number of fused-ring (bicyclic) bond motifs is 1. The molecule has 1 heterocycles. The Kier molecular flexibility index (Phi) is 4.78. The normalized spacial score (nSPS) is 12.3. The Morgan fingerprint density at radius 3 is 2.67 bits per heavy atom. The van der Waals surface area contributed by atoms with Crippen LogP contribution in [0.4, 0.5) is 5.69 Å². The molecule has 1 aromatic carbocycles. The van der Waals surface area contributed by atoms with Gasteiger partial charge in [-0.15, -0.1) is 0 Å². The van der Waals surface area contributed by atoms with Crippen LogP contribution in [0.2, 0.25) is 0 Å². The number of nitrogens with zero attached hydrogens (tertiary/aromatic N) is 2. The molecule has 2 aromatic rings. The van der Waals surface area contributed by atoms with Gasteiger partial charge in [-0.25, -0.2) is 4.79 Å². The molecule has 0 aliphatic rings. The first-order valence-corrected chi connectivity index (χ1v) is 7.44. The molecule has 0 amide bonds. The SMILES string of the molecule is CCC(C)CN(CC)c1c(C(=O)O)cnc2ccccc12. The van der Waals surface area contributed by atoms with Crippen LogP contribution in [0.15, 0.2) is 30.5 Å². The van der Waals surface area contributed by atoms with E-state index in [1.54, 1.807) is 0 Å². The summed E-state index contributed by atoms with van der Waals surface area (Å²) in [5.74, 6) is -0.413. The summed E-state index contributed by atoms with van der Waals surface area (Å²) in [5.41, 5.74) is 1.90. The fourth-order valence-electron chi connectivity index (χ4n) is 2.51. The number of hydrogen-bond acceptors (Lipinski definition) is 3. The van der Waals surface area contributed by atoms with Crippen molar-refractivity contribution >= 4 is 22.6 Å². The van der Waals surface area contributed by atoms with E-state index in [2.05, 4.69) is 30.7 Å². The third-order valence-electron chi connectivity index (χ3n) is 3.90. The predicted molar refractivity (Wildman–Crippen MR) is 86.0 cm³/mol. The molecule has 4 nitrogen and oxygen atoms in total. The highest BCUT2D eigenvalue weighted by Gasteiger charge is 2.20. The zero-order valence-corrected chi connectivity index (χ0v) is 12.8. The summed E-state index contributed by atoms with van der Waals surface area (Å²) >= 11 is 0. The van der Waals surface area contributed by atoms with Gasteiger partial charge in [-0.1, -0.05) is 38.5 Å². The summed E-state index contributed by atoms with van der Waals surface area (Å²) in [7, 11) is 0. The molecule has 0 aliphatic carbocycles. The molecule has 2 rings (SSSR count). The molecule has 0 saturated carbocycles. The van der Waals surface area contributed by atoms with Gasteiger partial charge in [-0.3, -0.25) is 4.98 Å². The summed E-state index contributed by atoms with van der Waals surface area (Å²) in [5, 5.41) is 10.4. The lowest BCUT2D eigenvalue weighted by molar-refractivity contribution is 0.0697. The number of benzene rings is 1. The zero-order valence-electron chi connectivity index (χ0n) is 12.8. The van der Waals surface area contributed by atoms with E-state index < -0.39 is 5.97 Å². The van der Waals surface area contributed by atoms with E-state index in [0.29, 0.717) is 5.92 Å². The van der Waals surface area contributed by atoms with Gasteiger partial charge in [0.25, 0.3) is 0 Å². The number of carboxylic acid groups (broad SMARTS) is 1. The number of carboxylic acids is 1. The smallest absolute Gasteiger partial charge is 0.339 e. The number of hydrogen-bond donors (Lipinski definition) is 1. The lowest BCUT2D eigenvalue weighted by Crippen LogP contribution is -2.30. The average Bonchev–Trinajstić information content (AvgIpc) is 2.51. The summed E-state index contributed by atoms with van der Waals surface area (Å²) < 4.78 is 0. The van der Waals surface area contributed by atoms with E-state index in [-0.39, 0.29) is 5.56 Å². The van der Waals surface area contributed by atoms with Crippen LogP contribution in [-0.2, 0) is 0 Å². The minimum absolute atomic E-state index is 0.277. The lowest BCUT2D eigenvalue weighted by atomic mass is 10.0. The summed E-state index contributed by atoms with van der Waals surface area (Å²) in [6.45, 7) is 8.02. The standard InChI is InChI=1S/C17H22N2O2/c1-4-12(3)11-19(5-2)16-13-8-6-7-9-15(13)18-10-14(16)17(20)21/h6-10,12H,4-5,11H2,1-3H3,(H,20,21). The van der Waals surface area contributed by atoms with Crippen LogP contribution in [0.25, 0.3) is 10.9 Å². The molecule has 1 unspecified atom stereocenters. The summed E-state index contributed by atoms with van der Waals surface area (Å²) in [6, 6.07) is 7.71. The van der Waals surface area contributed by atoms with Crippen LogP contribution in [0, 0.1) is 5.92 Å². The van der Waals surface area contributed by atoms with Gasteiger partial charge in [0.2, 0.25) is 0 Å². The molecule has 1 N–H and O–H groups in total. The van der Waals surface area contributed by atoms with Crippen LogP contribution in [0.1, 0.15) is 37.6 Å². The summed E-state index contributed by atoms with van der Waals surface area (Å²) in [6.07, 6.45) is 2.54. The van der Waals surface area contributed by atoms with E-state index in [9.17, 15) is 9.90 Å². The first-order chi connectivity index (χ1) is 10.1. The molecule has 0 radical (unpaired) electrons. The van der Waals surface area contributed by atoms with E-state index >= 15 is 0 Å². The molecule has 4 heteroatoms. The largest absolute Gasteiger partial charge is 0.478 e. The van der Waals surface area contributed by atoms with Crippen molar-refractivity contribution in [2.45, 2.75) is 27.2 Å². The van der Waals surface area contributed by atoms with Gasteiger partial charge in [-0.05, 0) is 18.9 Å². The quantitative estimate of drug-likeness (QED) is 0.877. The molecule has 0 fully saturated rings. The molecule has 21 heavy (non-hydrogen) atoms. The van der Waals surface area contributed by atoms with E-state index in [0.717, 1.165) is 36.1 Å².